The van der Waals surface area contributed by atoms with Crippen LogP contribution >= 0.6 is 11.3 Å². The summed E-state index contributed by atoms with van der Waals surface area (Å²) in [6, 6.07) is 57.3. The molecule has 0 aliphatic heterocycles. The van der Waals surface area contributed by atoms with Crippen LogP contribution in [0.5, 0.6) is 0 Å². The highest BCUT2D eigenvalue weighted by atomic mass is 32.1. The van der Waals surface area contributed by atoms with Crippen LogP contribution in [-0.4, -0.2) is 19.9 Å². The molecule has 7 aromatic carbocycles. The highest BCUT2D eigenvalue weighted by Crippen LogP contribution is 2.44. The number of hydrogen-bond donors (Lipinski definition) is 0. The second-order valence-corrected chi connectivity index (χ2v) is 13.7. The van der Waals surface area contributed by atoms with Crippen LogP contribution < -0.4 is 0 Å². The second-order valence-electron chi connectivity index (χ2n) is 12.7. The van der Waals surface area contributed by atoms with Crippen molar-refractivity contribution < 1.29 is 0 Å². The Bertz CT molecular complexity index is 2900. The van der Waals surface area contributed by atoms with Crippen LogP contribution in [0.1, 0.15) is 0 Å². The number of pyridine rings is 1. The van der Waals surface area contributed by atoms with Gasteiger partial charge < -0.3 is 0 Å². The molecule has 0 aliphatic rings. The summed E-state index contributed by atoms with van der Waals surface area (Å²) in [6.07, 6.45) is 1.87. The third-order valence-electron chi connectivity index (χ3n) is 9.57. The molecule has 3 aromatic heterocycles. The maximum atomic E-state index is 5.24. The Balaban J connectivity index is 1.24. The highest BCUT2D eigenvalue weighted by Gasteiger charge is 2.20. The van der Waals surface area contributed by atoms with Gasteiger partial charge in [-0.1, -0.05) is 133 Å². The molecule has 5 heteroatoms. The molecule has 4 nitrogen and oxygen atoms in total. The monoisotopic (exact) mass is 668 g/mol. The van der Waals surface area contributed by atoms with Gasteiger partial charge in [-0.15, -0.1) is 11.3 Å². The van der Waals surface area contributed by atoms with Gasteiger partial charge >= 0.3 is 0 Å². The van der Waals surface area contributed by atoms with E-state index in [4.69, 9.17) is 19.9 Å². The maximum Gasteiger partial charge on any atom is 0.165 e. The molecule has 10 aromatic rings. The van der Waals surface area contributed by atoms with Crippen molar-refractivity contribution in [2.45, 2.75) is 0 Å². The molecule has 0 spiro atoms. The Morgan fingerprint density at radius 2 is 0.922 bits per heavy atom. The molecule has 0 saturated carbocycles. The molecule has 10 rings (SSSR count). The largest absolute Gasteiger partial charge is 0.256 e. The topological polar surface area (TPSA) is 51.6 Å². The average molecular weight is 669 g/mol. The number of fused-ring (bicyclic) bond motifs is 6. The zero-order valence-corrected chi connectivity index (χ0v) is 28.2. The fraction of sp³-hybridized carbons (Fsp3) is 0. The molecule has 0 atom stereocenters. The minimum absolute atomic E-state index is 0.637. The molecule has 0 aliphatic carbocycles. The van der Waals surface area contributed by atoms with Gasteiger partial charge in [-0.05, 0) is 63.4 Å². The van der Waals surface area contributed by atoms with Crippen molar-refractivity contribution in [3.05, 3.63) is 170 Å². The minimum atomic E-state index is 0.637. The van der Waals surface area contributed by atoms with E-state index in [1.165, 1.54) is 31.8 Å². The van der Waals surface area contributed by atoms with E-state index in [-0.39, 0.29) is 0 Å². The molecule has 238 valence electrons. The fourth-order valence-corrected chi connectivity index (χ4v) is 8.29. The first kappa shape index (κ1) is 29.4. The molecule has 0 radical (unpaired) electrons. The zero-order chi connectivity index (χ0) is 33.7. The summed E-state index contributed by atoms with van der Waals surface area (Å²) in [7, 11) is 0. The van der Waals surface area contributed by atoms with Crippen LogP contribution in [0.15, 0.2) is 170 Å². The van der Waals surface area contributed by atoms with Crippen molar-refractivity contribution in [2.24, 2.45) is 0 Å². The highest BCUT2D eigenvalue weighted by molar-refractivity contribution is 7.26. The standard InChI is InChI=1S/C46H28N4S/c1-3-12-29(13-4-1)30-21-23-32(24-22-30)45-48-44(31-14-5-2-6-15-31)49-46(50-45)40-27-33(26-39-37-18-9-10-20-42(37)51-43(39)40)38-28-41-36(19-11-25-47-41)34-16-7-8-17-35(34)38/h1-28H. The van der Waals surface area contributed by atoms with Crippen molar-refractivity contribution >= 4 is 53.2 Å². The van der Waals surface area contributed by atoms with Crippen molar-refractivity contribution in [2.75, 3.05) is 0 Å². The Morgan fingerprint density at radius 1 is 0.353 bits per heavy atom. The van der Waals surface area contributed by atoms with E-state index in [1.807, 2.05) is 36.5 Å². The number of benzene rings is 7. The first-order valence-corrected chi connectivity index (χ1v) is 17.8. The van der Waals surface area contributed by atoms with Crippen molar-refractivity contribution in [3.63, 3.8) is 0 Å². The number of nitrogens with zero attached hydrogens (tertiary/aromatic N) is 4. The van der Waals surface area contributed by atoms with Crippen LogP contribution in [0.25, 0.3) is 98.3 Å². The zero-order valence-electron chi connectivity index (χ0n) is 27.4. The van der Waals surface area contributed by atoms with Gasteiger partial charge in [0.1, 0.15) is 0 Å². The Hall–Kier alpha value is -6.56. The minimum Gasteiger partial charge on any atom is -0.256 e. The predicted octanol–water partition coefficient (Wildman–Crippen LogP) is 12.3. The van der Waals surface area contributed by atoms with Gasteiger partial charge in [0.05, 0.1) is 5.52 Å². The number of rotatable bonds is 5. The summed E-state index contributed by atoms with van der Waals surface area (Å²) >= 11 is 1.78. The van der Waals surface area contributed by atoms with Crippen LogP contribution in [0, 0.1) is 0 Å². The molecule has 0 saturated heterocycles. The number of aromatic nitrogens is 4. The van der Waals surface area contributed by atoms with E-state index >= 15 is 0 Å². The summed E-state index contributed by atoms with van der Waals surface area (Å²) in [5.41, 5.74) is 8.37. The molecule has 0 unspecified atom stereocenters. The van der Waals surface area contributed by atoms with Crippen LogP contribution in [0.3, 0.4) is 0 Å². The van der Waals surface area contributed by atoms with Gasteiger partial charge in [0.15, 0.2) is 17.5 Å². The van der Waals surface area contributed by atoms with Gasteiger partial charge in [0.2, 0.25) is 0 Å². The van der Waals surface area contributed by atoms with E-state index in [0.29, 0.717) is 17.5 Å². The fourth-order valence-electron chi connectivity index (χ4n) is 7.10. The summed E-state index contributed by atoms with van der Waals surface area (Å²) in [5.74, 6) is 1.92. The lowest BCUT2D eigenvalue weighted by atomic mass is 9.93. The molecular weight excluding hydrogens is 641 g/mol. The number of thiophene rings is 1. The summed E-state index contributed by atoms with van der Waals surface area (Å²) in [4.78, 5) is 20.3. The Morgan fingerprint density at radius 3 is 1.69 bits per heavy atom. The molecule has 0 amide bonds. The maximum absolute atomic E-state index is 5.24. The van der Waals surface area contributed by atoms with E-state index < -0.39 is 0 Å². The lowest BCUT2D eigenvalue weighted by Gasteiger charge is -2.14. The third kappa shape index (κ3) is 5.14. The van der Waals surface area contributed by atoms with Crippen molar-refractivity contribution in [1.82, 2.24) is 19.9 Å². The molecule has 0 N–H and O–H groups in total. The lowest BCUT2D eigenvalue weighted by Crippen LogP contribution is -2.00. The summed E-state index contributed by atoms with van der Waals surface area (Å²) < 4.78 is 2.38. The van der Waals surface area contributed by atoms with Gasteiger partial charge in [0.25, 0.3) is 0 Å². The van der Waals surface area contributed by atoms with E-state index in [9.17, 15) is 0 Å². The number of hydrogen-bond acceptors (Lipinski definition) is 5. The third-order valence-corrected chi connectivity index (χ3v) is 10.8. The van der Waals surface area contributed by atoms with Crippen LogP contribution in [0.2, 0.25) is 0 Å². The second kappa shape index (κ2) is 12.1. The van der Waals surface area contributed by atoms with Crippen molar-refractivity contribution in [3.8, 4) is 56.4 Å². The van der Waals surface area contributed by atoms with Gasteiger partial charge in [-0.2, -0.15) is 0 Å². The van der Waals surface area contributed by atoms with Gasteiger partial charge in [-0.3, -0.25) is 4.98 Å². The Labute approximate surface area is 298 Å². The van der Waals surface area contributed by atoms with Crippen molar-refractivity contribution in [1.29, 1.82) is 0 Å². The Kier molecular flexibility index (Phi) is 6.96. The van der Waals surface area contributed by atoms with Gasteiger partial charge in [0, 0.05) is 48.4 Å². The van der Waals surface area contributed by atoms with Gasteiger partial charge in [-0.25, -0.2) is 15.0 Å². The first-order chi connectivity index (χ1) is 25.3. The lowest BCUT2D eigenvalue weighted by molar-refractivity contribution is 1.08. The summed E-state index contributed by atoms with van der Waals surface area (Å²) in [6.45, 7) is 0. The molecule has 51 heavy (non-hydrogen) atoms. The first-order valence-electron chi connectivity index (χ1n) is 17.0. The van der Waals surface area contributed by atoms with Crippen LogP contribution in [-0.2, 0) is 0 Å². The quantitative estimate of drug-likeness (QED) is 0.171. The van der Waals surface area contributed by atoms with E-state index in [1.54, 1.807) is 11.3 Å². The SMILES string of the molecule is c1ccc(-c2ccc(-c3nc(-c4ccccc4)nc(-c4cc(-c5cc6ncccc6c6ccccc56)cc5c4sc4ccccc45)n3)cc2)cc1. The van der Waals surface area contributed by atoms with E-state index in [2.05, 4.69) is 133 Å². The average Bonchev–Trinajstić information content (AvgIpc) is 3.59. The molecule has 0 bridgehead atoms. The van der Waals surface area contributed by atoms with E-state index in [0.717, 1.165) is 49.0 Å². The molecular formula is C46H28N4S. The smallest absolute Gasteiger partial charge is 0.165 e. The summed E-state index contributed by atoms with van der Waals surface area (Å²) in [5, 5.41) is 5.92. The molecule has 3 heterocycles. The normalized spacial score (nSPS) is 11.5. The molecule has 0 fully saturated rings. The van der Waals surface area contributed by atoms with Crippen LogP contribution in [0.4, 0.5) is 0 Å². The predicted molar refractivity (Wildman–Crippen MR) is 213 cm³/mol.